The molecule has 0 aromatic carbocycles. The van der Waals surface area contributed by atoms with Crippen LogP contribution in [-0.2, 0) is 12.1 Å². The van der Waals surface area contributed by atoms with Crippen LogP contribution >= 0.6 is 11.6 Å². The van der Waals surface area contributed by atoms with Crippen LogP contribution in [0.15, 0.2) is 6.20 Å². The average molecular weight is 187 g/mol. The number of halogens is 2. The minimum atomic E-state index is -1.32. The summed E-state index contributed by atoms with van der Waals surface area (Å²) in [5.41, 5.74) is 0.0222. The second-order valence-electron chi connectivity index (χ2n) is 3.21. The van der Waals surface area contributed by atoms with Crippen molar-refractivity contribution in [3.05, 3.63) is 22.7 Å². The lowest BCUT2D eigenvalue weighted by Crippen LogP contribution is -2.12. The molecule has 1 aromatic rings. The molecule has 0 bridgehead atoms. The highest BCUT2D eigenvalue weighted by Gasteiger charge is 2.36. The van der Waals surface area contributed by atoms with Crippen molar-refractivity contribution in [1.82, 2.24) is 9.97 Å². The van der Waals surface area contributed by atoms with Crippen molar-refractivity contribution in [2.24, 2.45) is 0 Å². The first kappa shape index (κ1) is 7.92. The van der Waals surface area contributed by atoms with Gasteiger partial charge in [-0.1, -0.05) is 0 Å². The fourth-order valence-electron chi connectivity index (χ4n) is 1.51. The highest BCUT2D eigenvalue weighted by molar-refractivity contribution is 6.28. The molecular formula is C8H8ClFN2. The maximum atomic E-state index is 13.6. The summed E-state index contributed by atoms with van der Waals surface area (Å²) in [6, 6.07) is 0. The summed E-state index contributed by atoms with van der Waals surface area (Å²) in [7, 11) is 0. The Morgan fingerprint density at radius 2 is 2.42 bits per heavy atom. The lowest BCUT2D eigenvalue weighted by atomic mass is 10.1. The first-order chi connectivity index (χ1) is 5.59. The van der Waals surface area contributed by atoms with Crippen LogP contribution in [0, 0.1) is 0 Å². The van der Waals surface area contributed by atoms with E-state index in [9.17, 15) is 4.39 Å². The number of rotatable bonds is 0. The first-order valence-corrected chi connectivity index (χ1v) is 4.18. The Bertz CT molecular complexity index is 325. The number of nitrogens with zero attached hydrogens (tertiary/aromatic N) is 2. The van der Waals surface area contributed by atoms with Gasteiger partial charge >= 0.3 is 0 Å². The van der Waals surface area contributed by atoms with Gasteiger partial charge in [-0.2, -0.15) is 0 Å². The molecule has 0 radical (unpaired) electrons. The summed E-state index contributed by atoms with van der Waals surface area (Å²) >= 11 is 5.56. The SMILES string of the molecule is CC1(F)CCc2cnc(Cl)nc21. The Labute approximate surface area is 74.8 Å². The zero-order valence-electron chi connectivity index (χ0n) is 6.64. The van der Waals surface area contributed by atoms with Crippen LogP contribution in [0.4, 0.5) is 4.39 Å². The Morgan fingerprint density at radius 1 is 1.67 bits per heavy atom. The van der Waals surface area contributed by atoms with Crippen LogP contribution < -0.4 is 0 Å². The monoisotopic (exact) mass is 186 g/mol. The van der Waals surface area contributed by atoms with E-state index in [1.807, 2.05) is 0 Å². The second-order valence-corrected chi connectivity index (χ2v) is 3.55. The van der Waals surface area contributed by atoms with Crippen LogP contribution in [0.1, 0.15) is 24.6 Å². The van der Waals surface area contributed by atoms with Gasteiger partial charge in [0.2, 0.25) is 5.28 Å². The van der Waals surface area contributed by atoms with E-state index < -0.39 is 5.67 Å². The Hall–Kier alpha value is -0.700. The van der Waals surface area contributed by atoms with E-state index in [0.717, 1.165) is 5.56 Å². The summed E-state index contributed by atoms with van der Waals surface area (Å²) in [6.45, 7) is 1.53. The largest absolute Gasteiger partial charge is 0.237 e. The molecule has 1 atom stereocenters. The maximum Gasteiger partial charge on any atom is 0.222 e. The molecule has 12 heavy (non-hydrogen) atoms. The Balaban J connectivity index is 2.57. The minimum Gasteiger partial charge on any atom is -0.237 e. The van der Waals surface area contributed by atoms with Gasteiger partial charge in [-0.3, -0.25) is 0 Å². The van der Waals surface area contributed by atoms with Crippen molar-refractivity contribution in [1.29, 1.82) is 0 Å². The summed E-state index contributed by atoms with van der Waals surface area (Å²) in [6.07, 6.45) is 2.80. The van der Waals surface area contributed by atoms with Crippen molar-refractivity contribution in [3.8, 4) is 0 Å². The fraction of sp³-hybridized carbons (Fsp3) is 0.500. The molecule has 2 nitrogen and oxygen atoms in total. The van der Waals surface area contributed by atoms with Crippen LogP contribution in [0.25, 0.3) is 0 Å². The molecule has 0 saturated heterocycles. The van der Waals surface area contributed by atoms with Gasteiger partial charge in [-0.25, -0.2) is 14.4 Å². The third kappa shape index (κ3) is 1.08. The molecular weight excluding hydrogens is 179 g/mol. The number of hydrogen-bond acceptors (Lipinski definition) is 2. The van der Waals surface area contributed by atoms with Crippen molar-refractivity contribution < 1.29 is 4.39 Å². The summed E-state index contributed by atoms with van der Waals surface area (Å²) in [4.78, 5) is 7.69. The van der Waals surface area contributed by atoms with Crippen LogP contribution in [0.2, 0.25) is 5.28 Å². The molecule has 1 heterocycles. The standard InChI is InChI=1S/C8H8ClFN2/c1-8(10)3-2-5-4-11-7(9)12-6(5)8/h4H,2-3H2,1H3. The Morgan fingerprint density at radius 3 is 3.17 bits per heavy atom. The van der Waals surface area contributed by atoms with Crippen LogP contribution in [0.5, 0.6) is 0 Å². The lowest BCUT2D eigenvalue weighted by Gasteiger charge is -2.11. The van der Waals surface area contributed by atoms with E-state index in [4.69, 9.17) is 11.6 Å². The van der Waals surface area contributed by atoms with Gasteiger partial charge in [0, 0.05) is 6.20 Å². The van der Waals surface area contributed by atoms with Gasteiger partial charge in [0.15, 0.2) is 5.67 Å². The molecule has 1 unspecified atom stereocenters. The van der Waals surface area contributed by atoms with Gasteiger partial charge < -0.3 is 0 Å². The molecule has 0 fully saturated rings. The quantitative estimate of drug-likeness (QED) is 0.581. The first-order valence-electron chi connectivity index (χ1n) is 3.80. The molecule has 0 saturated carbocycles. The van der Waals surface area contributed by atoms with E-state index in [1.54, 1.807) is 6.20 Å². The topological polar surface area (TPSA) is 25.8 Å². The van der Waals surface area contributed by atoms with Gasteiger partial charge in [0.05, 0.1) is 5.69 Å². The Kier molecular flexibility index (Phi) is 1.58. The van der Waals surface area contributed by atoms with Gasteiger partial charge in [0.1, 0.15) is 0 Å². The second kappa shape index (κ2) is 2.39. The third-order valence-corrected chi connectivity index (χ3v) is 2.37. The zero-order chi connectivity index (χ0) is 8.77. The van der Waals surface area contributed by atoms with Gasteiger partial charge in [0.25, 0.3) is 0 Å². The molecule has 1 aliphatic rings. The number of aromatic nitrogens is 2. The zero-order valence-corrected chi connectivity index (χ0v) is 7.40. The molecule has 0 aliphatic heterocycles. The molecule has 0 N–H and O–H groups in total. The predicted octanol–water partition coefficient (Wildman–Crippen LogP) is 2.26. The highest BCUT2D eigenvalue weighted by Crippen LogP contribution is 2.38. The van der Waals surface area contributed by atoms with Crippen LogP contribution in [-0.4, -0.2) is 9.97 Å². The average Bonchev–Trinajstić information content (AvgIpc) is 2.28. The summed E-state index contributed by atoms with van der Waals surface area (Å²) in [5, 5.41) is 0.125. The smallest absolute Gasteiger partial charge is 0.222 e. The van der Waals surface area contributed by atoms with E-state index in [-0.39, 0.29) is 5.28 Å². The van der Waals surface area contributed by atoms with E-state index in [1.165, 1.54) is 6.92 Å². The highest BCUT2D eigenvalue weighted by atomic mass is 35.5. The molecule has 4 heteroatoms. The van der Waals surface area contributed by atoms with Gasteiger partial charge in [-0.15, -0.1) is 0 Å². The number of alkyl halides is 1. The number of aryl methyl sites for hydroxylation is 1. The maximum absolute atomic E-state index is 13.6. The molecule has 0 amide bonds. The minimum absolute atomic E-state index is 0.125. The van der Waals surface area contributed by atoms with Crippen molar-refractivity contribution in [2.45, 2.75) is 25.4 Å². The molecule has 0 spiro atoms. The molecule has 64 valence electrons. The van der Waals surface area contributed by atoms with Crippen molar-refractivity contribution >= 4 is 11.6 Å². The van der Waals surface area contributed by atoms with Crippen LogP contribution in [0.3, 0.4) is 0 Å². The molecule has 2 rings (SSSR count). The molecule has 1 aliphatic carbocycles. The predicted molar refractivity (Wildman–Crippen MR) is 43.8 cm³/mol. The fourth-order valence-corrected chi connectivity index (χ4v) is 1.64. The van der Waals surface area contributed by atoms with Crippen molar-refractivity contribution in [2.75, 3.05) is 0 Å². The molecule has 1 aromatic heterocycles. The number of hydrogen-bond donors (Lipinski definition) is 0. The summed E-state index contributed by atoms with van der Waals surface area (Å²) in [5.74, 6) is 0. The summed E-state index contributed by atoms with van der Waals surface area (Å²) < 4.78 is 13.6. The van der Waals surface area contributed by atoms with E-state index >= 15 is 0 Å². The third-order valence-electron chi connectivity index (χ3n) is 2.19. The van der Waals surface area contributed by atoms with E-state index in [2.05, 4.69) is 9.97 Å². The lowest BCUT2D eigenvalue weighted by molar-refractivity contribution is 0.188. The number of fused-ring (bicyclic) bond motifs is 1. The van der Waals surface area contributed by atoms with Gasteiger partial charge in [-0.05, 0) is 36.9 Å². The van der Waals surface area contributed by atoms with E-state index in [0.29, 0.717) is 18.5 Å². The van der Waals surface area contributed by atoms with Crippen molar-refractivity contribution in [3.63, 3.8) is 0 Å². The normalized spacial score (nSPS) is 27.2.